The SMILES string of the molecule is Cc1cc(C)c2[nH]ncc2c1N=[N+]=[N-]. The van der Waals surface area contributed by atoms with Crippen LogP contribution in [0.4, 0.5) is 5.69 Å². The van der Waals surface area contributed by atoms with Gasteiger partial charge in [0, 0.05) is 10.3 Å². The summed E-state index contributed by atoms with van der Waals surface area (Å²) >= 11 is 0. The number of nitrogens with one attached hydrogen (secondary N) is 1. The molecule has 0 atom stereocenters. The number of aryl methyl sites for hydroxylation is 2. The Labute approximate surface area is 80.4 Å². The second-order valence-electron chi connectivity index (χ2n) is 3.21. The molecule has 0 radical (unpaired) electrons. The van der Waals surface area contributed by atoms with Gasteiger partial charge in [-0.3, -0.25) is 5.10 Å². The minimum absolute atomic E-state index is 0.654. The molecule has 14 heavy (non-hydrogen) atoms. The van der Waals surface area contributed by atoms with Gasteiger partial charge in [-0.15, -0.1) is 0 Å². The van der Waals surface area contributed by atoms with E-state index in [9.17, 15) is 0 Å². The lowest BCUT2D eigenvalue weighted by Crippen LogP contribution is -1.81. The number of aromatic amines is 1. The van der Waals surface area contributed by atoms with Crippen LogP contribution in [0, 0.1) is 13.8 Å². The number of fused-ring (bicyclic) bond motifs is 1. The first-order valence-electron chi connectivity index (χ1n) is 4.22. The van der Waals surface area contributed by atoms with Gasteiger partial charge in [0.05, 0.1) is 17.4 Å². The van der Waals surface area contributed by atoms with Gasteiger partial charge in [0.15, 0.2) is 0 Å². The fourth-order valence-corrected chi connectivity index (χ4v) is 1.62. The summed E-state index contributed by atoms with van der Waals surface area (Å²) < 4.78 is 0. The van der Waals surface area contributed by atoms with Gasteiger partial charge >= 0.3 is 0 Å². The van der Waals surface area contributed by atoms with E-state index in [0.717, 1.165) is 22.0 Å². The van der Waals surface area contributed by atoms with Crippen molar-refractivity contribution in [1.82, 2.24) is 10.2 Å². The van der Waals surface area contributed by atoms with E-state index < -0.39 is 0 Å². The van der Waals surface area contributed by atoms with Gasteiger partial charge in [-0.2, -0.15) is 5.10 Å². The Balaban J connectivity index is 2.92. The summed E-state index contributed by atoms with van der Waals surface area (Å²) in [5, 5.41) is 11.4. The van der Waals surface area contributed by atoms with E-state index in [0.29, 0.717) is 5.69 Å². The Morgan fingerprint density at radius 2 is 2.21 bits per heavy atom. The smallest absolute Gasteiger partial charge is 0.0684 e. The molecular weight excluding hydrogens is 178 g/mol. The number of benzene rings is 1. The van der Waals surface area contributed by atoms with Crippen molar-refractivity contribution in [1.29, 1.82) is 0 Å². The minimum atomic E-state index is 0.654. The molecule has 1 aromatic carbocycles. The maximum atomic E-state index is 8.44. The van der Waals surface area contributed by atoms with Gasteiger partial charge in [0.2, 0.25) is 0 Å². The summed E-state index contributed by atoms with van der Waals surface area (Å²) in [6.07, 6.45) is 1.68. The molecule has 5 nitrogen and oxygen atoms in total. The topological polar surface area (TPSA) is 77.4 Å². The summed E-state index contributed by atoms with van der Waals surface area (Å²) in [5.41, 5.74) is 12.1. The maximum Gasteiger partial charge on any atom is 0.0684 e. The van der Waals surface area contributed by atoms with Crippen LogP contribution in [-0.4, -0.2) is 10.2 Å². The number of rotatable bonds is 1. The fourth-order valence-electron chi connectivity index (χ4n) is 1.62. The van der Waals surface area contributed by atoms with Crippen molar-refractivity contribution in [2.24, 2.45) is 5.11 Å². The first-order chi connectivity index (χ1) is 6.74. The maximum absolute atomic E-state index is 8.44. The Morgan fingerprint density at radius 3 is 2.93 bits per heavy atom. The summed E-state index contributed by atoms with van der Waals surface area (Å²) in [6.45, 7) is 3.91. The molecule has 0 aliphatic heterocycles. The van der Waals surface area contributed by atoms with Crippen molar-refractivity contribution < 1.29 is 0 Å². The second-order valence-corrected chi connectivity index (χ2v) is 3.21. The van der Waals surface area contributed by atoms with Crippen molar-refractivity contribution >= 4 is 16.6 Å². The zero-order valence-electron chi connectivity index (χ0n) is 7.94. The van der Waals surface area contributed by atoms with Gasteiger partial charge in [-0.1, -0.05) is 11.2 Å². The summed E-state index contributed by atoms with van der Waals surface area (Å²) in [7, 11) is 0. The van der Waals surface area contributed by atoms with E-state index in [1.807, 2.05) is 19.9 Å². The standard InChI is InChI=1S/C9H9N5/c1-5-3-6(2)9(13-14-10)7-4-11-12-8(5)7/h3-4H,1-2H3,(H,11,12). The predicted octanol–water partition coefficient (Wildman–Crippen LogP) is 3.12. The number of hydrogen-bond acceptors (Lipinski definition) is 2. The van der Waals surface area contributed by atoms with Crippen molar-refractivity contribution in [3.63, 3.8) is 0 Å². The molecule has 0 aliphatic carbocycles. The molecule has 70 valence electrons. The molecule has 0 amide bonds. The van der Waals surface area contributed by atoms with E-state index in [1.165, 1.54) is 0 Å². The first-order valence-corrected chi connectivity index (χ1v) is 4.22. The average molecular weight is 187 g/mol. The molecule has 5 heteroatoms. The largest absolute Gasteiger partial charge is 0.278 e. The monoisotopic (exact) mass is 187 g/mol. The lowest BCUT2D eigenvalue weighted by atomic mass is 10.1. The van der Waals surface area contributed by atoms with Gasteiger partial charge in [-0.05, 0) is 30.5 Å². The van der Waals surface area contributed by atoms with Crippen LogP contribution in [0.1, 0.15) is 11.1 Å². The van der Waals surface area contributed by atoms with Crippen molar-refractivity contribution in [2.45, 2.75) is 13.8 Å². The van der Waals surface area contributed by atoms with Crippen LogP contribution in [0.2, 0.25) is 0 Å². The van der Waals surface area contributed by atoms with Crippen LogP contribution in [0.25, 0.3) is 21.3 Å². The molecule has 1 N–H and O–H groups in total. The number of hydrogen-bond donors (Lipinski definition) is 1. The molecule has 0 bridgehead atoms. The molecule has 0 saturated heterocycles. The predicted molar refractivity (Wildman–Crippen MR) is 54.4 cm³/mol. The third-order valence-corrected chi connectivity index (χ3v) is 2.24. The number of azide groups is 1. The third kappa shape index (κ3) is 1.11. The molecule has 0 spiro atoms. The van der Waals surface area contributed by atoms with E-state index in [4.69, 9.17) is 5.53 Å². The highest BCUT2D eigenvalue weighted by Gasteiger charge is 2.07. The summed E-state index contributed by atoms with van der Waals surface area (Å²) in [5.74, 6) is 0. The molecule has 0 saturated carbocycles. The van der Waals surface area contributed by atoms with Crippen LogP contribution >= 0.6 is 0 Å². The zero-order valence-corrected chi connectivity index (χ0v) is 7.94. The Kier molecular flexibility index (Phi) is 1.87. The summed E-state index contributed by atoms with van der Waals surface area (Å²) in [4.78, 5) is 2.81. The molecule has 2 rings (SSSR count). The molecule has 0 fully saturated rings. The van der Waals surface area contributed by atoms with Crippen LogP contribution < -0.4 is 0 Å². The van der Waals surface area contributed by atoms with Crippen LogP contribution in [0.15, 0.2) is 17.4 Å². The van der Waals surface area contributed by atoms with Gasteiger partial charge in [0.25, 0.3) is 0 Å². The van der Waals surface area contributed by atoms with E-state index in [1.54, 1.807) is 6.20 Å². The molecule has 0 aliphatic rings. The van der Waals surface area contributed by atoms with Crippen LogP contribution in [-0.2, 0) is 0 Å². The van der Waals surface area contributed by atoms with Gasteiger partial charge in [-0.25, -0.2) is 0 Å². The second kappa shape index (κ2) is 3.05. The van der Waals surface area contributed by atoms with Gasteiger partial charge < -0.3 is 0 Å². The Bertz CT molecular complexity index is 533. The molecule has 2 aromatic rings. The van der Waals surface area contributed by atoms with Crippen LogP contribution in [0.5, 0.6) is 0 Å². The summed E-state index contributed by atoms with van der Waals surface area (Å²) in [6, 6.07) is 1.98. The van der Waals surface area contributed by atoms with Gasteiger partial charge in [0.1, 0.15) is 0 Å². The van der Waals surface area contributed by atoms with Crippen LogP contribution in [0.3, 0.4) is 0 Å². The molecule has 0 unspecified atom stereocenters. The Morgan fingerprint density at radius 1 is 1.43 bits per heavy atom. The highest BCUT2D eigenvalue weighted by Crippen LogP contribution is 2.30. The average Bonchev–Trinajstić information content (AvgIpc) is 2.60. The van der Waals surface area contributed by atoms with E-state index in [2.05, 4.69) is 20.2 Å². The number of aromatic nitrogens is 2. The highest BCUT2D eigenvalue weighted by atomic mass is 15.1. The molecule has 1 aromatic heterocycles. The zero-order chi connectivity index (χ0) is 10.1. The first kappa shape index (κ1) is 8.59. The van der Waals surface area contributed by atoms with Crippen molar-refractivity contribution in [3.8, 4) is 0 Å². The quantitative estimate of drug-likeness (QED) is 0.415. The molecule has 1 heterocycles. The highest BCUT2D eigenvalue weighted by molar-refractivity contribution is 5.93. The lowest BCUT2D eigenvalue weighted by Gasteiger charge is -2.03. The number of nitrogens with zero attached hydrogens (tertiary/aromatic N) is 4. The lowest BCUT2D eigenvalue weighted by molar-refractivity contribution is 1.11. The third-order valence-electron chi connectivity index (χ3n) is 2.24. The molecular formula is C9H9N5. The number of H-pyrrole nitrogens is 1. The van der Waals surface area contributed by atoms with E-state index >= 15 is 0 Å². The Hall–Kier alpha value is -2.00. The normalized spacial score (nSPS) is 10.1. The minimum Gasteiger partial charge on any atom is -0.278 e. The van der Waals surface area contributed by atoms with Crippen molar-refractivity contribution in [2.75, 3.05) is 0 Å². The fraction of sp³-hybridized carbons (Fsp3) is 0.222. The van der Waals surface area contributed by atoms with E-state index in [-0.39, 0.29) is 0 Å². The van der Waals surface area contributed by atoms with Crippen molar-refractivity contribution in [3.05, 3.63) is 33.8 Å².